The highest BCUT2D eigenvalue weighted by Gasteiger charge is 2.10. The first-order chi connectivity index (χ1) is 13.0. The van der Waals surface area contributed by atoms with Gasteiger partial charge in [0.05, 0.1) is 5.69 Å². The fourth-order valence-electron chi connectivity index (χ4n) is 3.30. The molecule has 0 radical (unpaired) electrons. The molecule has 2 N–H and O–H groups in total. The van der Waals surface area contributed by atoms with Gasteiger partial charge in [-0.15, -0.1) is 0 Å². The number of nitrogen functional groups attached to an aromatic ring is 1. The van der Waals surface area contributed by atoms with Gasteiger partial charge in [-0.25, -0.2) is 4.98 Å². The summed E-state index contributed by atoms with van der Waals surface area (Å²) in [6.45, 7) is 6.61. The molecule has 0 atom stereocenters. The van der Waals surface area contributed by atoms with Gasteiger partial charge in [0.1, 0.15) is 18.2 Å². The van der Waals surface area contributed by atoms with Crippen molar-refractivity contribution >= 4 is 5.82 Å². The number of pyridine rings is 1. The van der Waals surface area contributed by atoms with Crippen LogP contribution in [0.25, 0.3) is 11.3 Å². The molecule has 3 aromatic rings. The number of aryl methyl sites for hydroxylation is 2. The van der Waals surface area contributed by atoms with Crippen molar-refractivity contribution in [3.05, 3.63) is 77.4 Å². The van der Waals surface area contributed by atoms with Crippen LogP contribution in [0.3, 0.4) is 0 Å². The van der Waals surface area contributed by atoms with E-state index in [2.05, 4.69) is 67.2 Å². The molecular weight excluding hydrogens is 334 g/mol. The highest BCUT2D eigenvalue weighted by Crippen LogP contribution is 2.30. The lowest BCUT2D eigenvalue weighted by Crippen LogP contribution is -2.23. The SMILES string of the molecule is Cc1cc(OCCN(C)Cc2ccccc2)cc(C)c1-c1cccc(N)n1. The average molecular weight is 361 g/mol. The number of aromatic nitrogens is 1. The van der Waals surface area contributed by atoms with E-state index in [0.717, 1.165) is 41.2 Å². The summed E-state index contributed by atoms with van der Waals surface area (Å²) in [6, 6.07) is 20.4. The molecule has 0 aliphatic carbocycles. The van der Waals surface area contributed by atoms with Crippen molar-refractivity contribution < 1.29 is 4.74 Å². The third kappa shape index (κ3) is 5.08. The van der Waals surface area contributed by atoms with Gasteiger partial charge in [-0.05, 0) is 61.9 Å². The molecule has 0 aliphatic heterocycles. The van der Waals surface area contributed by atoms with Crippen molar-refractivity contribution in [3.8, 4) is 17.0 Å². The summed E-state index contributed by atoms with van der Waals surface area (Å²) in [6.07, 6.45) is 0. The maximum Gasteiger partial charge on any atom is 0.124 e. The van der Waals surface area contributed by atoms with Gasteiger partial charge in [-0.2, -0.15) is 0 Å². The zero-order valence-corrected chi connectivity index (χ0v) is 16.3. The molecule has 27 heavy (non-hydrogen) atoms. The van der Waals surface area contributed by atoms with Crippen LogP contribution in [0.1, 0.15) is 16.7 Å². The van der Waals surface area contributed by atoms with E-state index in [-0.39, 0.29) is 0 Å². The molecule has 3 rings (SSSR count). The van der Waals surface area contributed by atoms with Crippen LogP contribution < -0.4 is 10.5 Å². The van der Waals surface area contributed by atoms with Crippen LogP contribution in [0.15, 0.2) is 60.7 Å². The molecule has 0 unspecified atom stereocenters. The number of ether oxygens (including phenoxy) is 1. The van der Waals surface area contributed by atoms with Gasteiger partial charge in [-0.3, -0.25) is 4.90 Å². The molecule has 0 amide bonds. The largest absolute Gasteiger partial charge is 0.492 e. The van der Waals surface area contributed by atoms with Gasteiger partial charge in [0.2, 0.25) is 0 Å². The minimum atomic E-state index is 0.535. The van der Waals surface area contributed by atoms with E-state index < -0.39 is 0 Å². The lowest BCUT2D eigenvalue weighted by Gasteiger charge is -2.18. The zero-order chi connectivity index (χ0) is 19.2. The van der Waals surface area contributed by atoms with E-state index in [1.54, 1.807) is 6.07 Å². The first kappa shape index (κ1) is 18.9. The van der Waals surface area contributed by atoms with Crippen molar-refractivity contribution in [1.29, 1.82) is 0 Å². The summed E-state index contributed by atoms with van der Waals surface area (Å²) in [5.41, 5.74) is 11.4. The van der Waals surface area contributed by atoms with Gasteiger partial charge < -0.3 is 10.5 Å². The minimum Gasteiger partial charge on any atom is -0.492 e. The van der Waals surface area contributed by atoms with Crippen LogP contribution in [0.2, 0.25) is 0 Å². The highest BCUT2D eigenvalue weighted by molar-refractivity contribution is 5.69. The third-order valence-corrected chi connectivity index (χ3v) is 4.57. The topological polar surface area (TPSA) is 51.4 Å². The molecule has 0 spiro atoms. The van der Waals surface area contributed by atoms with E-state index in [1.165, 1.54) is 5.56 Å². The lowest BCUT2D eigenvalue weighted by atomic mass is 9.99. The second-order valence-corrected chi connectivity index (χ2v) is 6.95. The summed E-state index contributed by atoms with van der Waals surface area (Å²) >= 11 is 0. The van der Waals surface area contributed by atoms with Crippen LogP contribution in [0.5, 0.6) is 5.75 Å². The molecule has 0 bridgehead atoms. The number of nitrogens with zero attached hydrogens (tertiary/aromatic N) is 2. The molecule has 4 nitrogen and oxygen atoms in total. The number of nitrogens with two attached hydrogens (primary N) is 1. The van der Waals surface area contributed by atoms with Gasteiger partial charge in [0.15, 0.2) is 0 Å². The maximum atomic E-state index is 6.00. The molecule has 0 saturated heterocycles. The Kier molecular flexibility index (Phi) is 6.09. The fraction of sp³-hybridized carbons (Fsp3) is 0.261. The standard InChI is InChI=1S/C23H27N3O/c1-17-14-20(15-18(2)23(17)21-10-7-11-22(24)25-21)27-13-12-26(3)16-19-8-5-4-6-9-19/h4-11,14-15H,12-13,16H2,1-3H3,(H2,24,25). The summed E-state index contributed by atoms with van der Waals surface area (Å²) in [4.78, 5) is 6.71. The maximum absolute atomic E-state index is 6.00. The van der Waals surface area contributed by atoms with Crippen LogP contribution in [-0.4, -0.2) is 30.1 Å². The predicted octanol–water partition coefficient (Wildman–Crippen LogP) is 4.46. The number of rotatable bonds is 7. The monoisotopic (exact) mass is 361 g/mol. The number of hydrogen-bond donors (Lipinski definition) is 1. The van der Waals surface area contributed by atoms with Gasteiger partial charge in [0.25, 0.3) is 0 Å². The third-order valence-electron chi connectivity index (χ3n) is 4.57. The van der Waals surface area contributed by atoms with Crippen LogP contribution in [0.4, 0.5) is 5.82 Å². The number of likely N-dealkylation sites (N-methyl/N-ethyl adjacent to an activating group) is 1. The van der Waals surface area contributed by atoms with Gasteiger partial charge in [-0.1, -0.05) is 36.4 Å². The second-order valence-electron chi connectivity index (χ2n) is 6.95. The Hall–Kier alpha value is -2.85. The van der Waals surface area contributed by atoms with E-state index in [0.29, 0.717) is 12.4 Å². The Bertz CT molecular complexity index is 870. The Morgan fingerprint density at radius 2 is 1.67 bits per heavy atom. The molecule has 0 fully saturated rings. The Balaban J connectivity index is 1.61. The molecule has 0 aliphatic rings. The molecule has 1 heterocycles. The zero-order valence-electron chi connectivity index (χ0n) is 16.3. The molecule has 140 valence electrons. The first-order valence-electron chi connectivity index (χ1n) is 9.22. The van der Waals surface area contributed by atoms with Crippen molar-refractivity contribution in [2.75, 3.05) is 25.9 Å². The van der Waals surface area contributed by atoms with E-state index in [9.17, 15) is 0 Å². The lowest BCUT2D eigenvalue weighted by molar-refractivity contribution is 0.232. The molecule has 1 aromatic heterocycles. The smallest absolute Gasteiger partial charge is 0.124 e. The van der Waals surface area contributed by atoms with Crippen molar-refractivity contribution in [2.45, 2.75) is 20.4 Å². The Labute approximate surface area is 161 Å². The molecule has 4 heteroatoms. The average Bonchev–Trinajstić information content (AvgIpc) is 2.62. The minimum absolute atomic E-state index is 0.535. The van der Waals surface area contributed by atoms with Crippen LogP contribution in [0, 0.1) is 13.8 Å². The quantitative estimate of drug-likeness (QED) is 0.675. The van der Waals surface area contributed by atoms with Crippen molar-refractivity contribution in [2.24, 2.45) is 0 Å². The van der Waals surface area contributed by atoms with Crippen LogP contribution in [-0.2, 0) is 6.54 Å². The van der Waals surface area contributed by atoms with Crippen molar-refractivity contribution in [1.82, 2.24) is 9.88 Å². The van der Waals surface area contributed by atoms with E-state index in [1.807, 2.05) is 18.2 Å². The van der Waals surface area contributed by atoms with Gasteiger partial charge in [0, 0.05) is 18.7 Å². The summed E-state index contributed by atoms with van der Waals surface area (Å²) < 4.78 is 6.00. The number of hydrogen-bond acceptors (Lipinski definition) is 4. The Morgan fingerprint density at radius 3 is 2.33 bits per heavy atom. The van der Waals surface area contributed by atoms with Gasteiger partial charge >= 0.3 is 0 Å². The van der Waals surface area contributed by atoms with E-state index in [4.69, 9.17) is 10.5 Å². The van der Waals surface area contributed by atoms with Crippen LogP contribution >= 0.6 is 0 Å². The first-order valence-corrected chi connectivity index (χ1v) is 9.22. The fourth-order valence-corrected chi connectivity index (χ4v) is 3.30. The highest BCUT2D eigenvalue weighted by atomic mass is 16.5. The normalized spacial score (nSPS) is 11.0. The van der Waals surface area contributed by atoms with E-state index >= 15 is 0 Å². The molecule has 2 aromatic carbocycles. The molecule has 0 saturated carbocycles. The van der Waals surface area contributed by atoms with Crippen molar-refractivity contribution in [3.63, 3.8) is 0 Å². The molecular formula is C23H27N3O. The summed E-state index contributed by atoms with van der Waals surface area (Å²) in [7, 11) is 2.11. The number of benzene rings is 2. The Morgan fingerprint density at radius 1 is 0.963 bits per heavy atom. The predicted molar refractivity (Wildman–Crippen MR) is 112 cm³/mol. The summed E-state index contributed by atoms with van der Waals surface area (Å²) in [5, 5.41) is 0. The number of anilines is 1. The second kappa shape index (κ2) is 8.69. The summed E-state index contributed by atoms with van der Waals surface area (Å²) in [5.74, 6) is 1.43.